The maximum atomic E-state index is 12.3. The molecule has 1 heterocycles. The molecule has 6 heteroatoms. The number of pyridine rings is 1. The van der Waals surface area contributed by atoms with Crippen molar-refractivity contribution in [2.24, 2.45) is 0 Å². The van der Waals surface area contributed by atoms with Gasteiger partial charge in [0.05, 0.1) is 5.69 Å². The van der Waals surface area contributed by atoms with Crippen LogP contribution in [0.2, 0.25) is 0 Å². The van der Waals surface area contributed by atoms with E-state index in [2.05, 4.69) is 4.98 Å². The second-order valence-electron chi connectivity index (χ2n) is 2.20. The second kappa shape index (κ2) is 3.83. The van der Waals surface area contributed by atoms with Crippen LogP contribution >= 0.6 is 22.6 Å². The summed E-state index contributed by atoms with van der Waals surface area (Å²) >= 11 is 1.78. The van der Waals surface area contributed by atoms with E-state index in [0.717, 1.165) is 0 Å². The molecule has 0 radical (unpaired) electrons. The number of anilines is 1. The van der Waals surface area contributed by atoms with E-state index in [1.165, 1.54) is 6.07 Å². The van der Waals surface area contributed by atoms with Crippen LogP contribution < -0.4 is 5.73 Å². The highest BCUT2D eigenvalue weighted by Gasteiger charge is 2.16. The molecule has 3 nitrogen and oxygen atoms in total. The number of nitriles is 1. The molecule has 0 aliphatic carbocycles. The predicted molar refractivity (Wildman–Crippen MR) is 51.0 cm³/mol. The van der Waals surface area contributed by atoms with Crippen LogP contribution in [0.1, 0.15) is 17.8 Å². The molecule has 0 saturated carbocycles. The van der Waals surface area contributed by atoms with Gasteiger partial charge in [-0.25, -0.2) is 13.8 Å². The van der Waals surface area contributed by atoms with E-state index in [4.69, 9.17) is 11.0 Å². The predicted octanol–water partition coefficient (Wildman–Crippen LogP) is 2.08. The van der Waals surface area contributed by atoms with Crippen molar-refractivity contribution in [1.82, 2.24) is 4.98 Å². The Morgan fingerprint density at radius 3 is 2.69 bits per heavy atom. The number of nitrogen functional groups attached to an aromatic ring is 1. The molecule has 0 atom stereocenters. The topological polar surface area (TPSA) is 62.7 Å². The van der Waals surface area contributed by atoms with Crippen LogP contribution in [0.5, 0.6) is 0 Å². The van der Waals surface area contributed by atoms with Crippen LogP contribution in [0.25, 0.3) is 0 Å². The normalized spacial score (nSPS) is 10.1. The lowest BCUT2D eigenvalue weighted by atomic mass is 10.2. The van der Waals surface area contributed by atoms with E-state index in [1.54, 1.807) is 28.7 Å². The summed E-state index contributed by atoms with van der Waals surface area (Å²) in [6, 6.07) is 3.05. The maximum absolute atomic E-state index is 12.3. The number of nitrogens with zero attached hydrogens (tertiary/aromatic N) is 2. The monoisotopic (exact) mass is 295 g/mol. The van der Waals surface area contributed by atoms with E-state index in [-0.39, 0.29) is 11.4 Å². The number of rotatable bonds is 1. The summed E-state index contributed by atoms with van der Waals surface area (Å²) in [5, 5.41) is 8.46. The fraction of sp³-hybridized carbons (Fsp3) is 0.143. The molecule has 1 aromatic rings. The summed E-state index contributed by atoms with van der Waals surface area (Å²) in [5.41, 5.74) is 4.72. The van der Waals surface area contributed by atoms with Crippen LogP contribution in [-0.4, -0.2) is 4.98 Å². The average molecular weight is 295 g/mol. The number of alkyl halides is 2. The first-order valence-corrected chi connectivity index (χ1v) is 4.28. The Morgan fingerprint density at radius 2 is 2.23 bits per heavy atom. The first-order chi connectivity index (χ1) is 6.06. The molecule has 0 bridgehead atoms. The smallest absolute Gasteiger partial charge is 0.282 e. The fourth-order valence-electron chi connectivity index (χ4n) is 0.766. The van der Waals surface area contributed by atoms with Gasteiger partial charge in [0, 0.05) is 3.57 Å². The van der Waals surface area contributed by atoms with Gasteiger partial charge in [-0.15, -0.1) is 0 Å². The lowest BCUT2D eigenvalue weighted by molar-refractivity contribution is 0.147. The van der Waals surface area contributed by atoms with Crippen LogP contribution in [0.4, 0.5) is 14.5 Å². The van der Waals surface area contributed by atoms with Gasteiger partial charge < -0.3 is 5.73 Å². The lowest BCUT2D eigenvalue weighted by Crippen LogP contribution is -2.02. The molecule has 13 heavy (non-hydrogen) atoms. The third kappa shape index (κ3) is 2.03. The van der Waals surface area contributed by atoms with Crippen molar-refractivity contribution in [3.63, 3.8) is 0 Å². The van der Waals surface area contributed by atoms with Gasteiger partial charge in [-0.05, 0) is 28.7 Å². The number of nitrogens with two attached hydrogens (primary N) is 1. The second-order valence-corrected chi connectivity index (χ2v) is 3.36. The SMILES string of the molecule is N#Cc1cc(I)c(N)c(C(F)F)n1. The Kier molecular flexibility index (Phi) is 2.98. The third-order valence-electron chi connectivity index (χ3n) is 1.36. The van der Waals surface area contributed by atoms with Gasteiger partial charge >= 0.3 is 0 Å². The highest BCUT2D eigenvalue weighted by atomic mass is 127. The van der Waals surface area contributed by atoms with Crippen molar-refractivity contribution >= 4 is 28.3 Å². The van der Waals surface area contributed by atoms with Gasteiger partial charge in [-0.2, -0.15) is 5.26 Å². The van der Waals surface area contributed by atoms with Crippen molar-refractivity contribution in [3.8, 4) is 6.07 Å². The zero-order valence-electron chi connectivity index (χ0n) is 6.26. The first kappa shape index (κ1) is 10.1. The zero-order valence-corrected chi connectivity index (χ0v) is 8.42. The summed E-state index contributed by atoms with van der Waals surface area (Å²) in [4.78, 5) is 3.41. The molecule has 0 amide bonds. The number of aromatic nitrogens is 1. The van der Waals surface area contributed by atoms with Gasteiger partial charge in [0.15, 0.2) is 0 Å². The number of hydrogen-bond donors (Lipinski definition) is 1. The van der Waals surface area contributed by atoms with E-state index < -0.39 is 12.1 Å². The van der Waals surface area contributed by atoms with E-state index >= 15 is 0 Å². The van der Waals surface area contributed by atoms with Crippen LogP contribution in [0.15, 0.2) is 6.07 Å². The Morgan fingerprint density at radius 1 is 1.62 bits per heavy atom. The summed E-state index contributed by atoms with van der Waals surface area (Å²) in [6.45, 7) is 0. The van der Waals surface area contributed by atoms with Crippen LogP contribution in [0.3, 0.4) is 0 Å². The van der Waals surface area contributed by atoms with Crippen molar-refractivity contribution in [2.75, 3.05) is 5.73 Å². The Balaban J connectivity index is 3.35. The first-order valence-electron chi connectivity index (χ1n) is 3.20. The van der Waals surface area contributed by atoms with Gasteiger partial charge in [-0.3, -0.25) is 0 Å². The third-order valence-corrected chi connectivity index (χ3v) is 2.25. The minimum Gasteiger partial charge on any atom is -0.396 e. The quantitative estimate of drug-likeness (QED) is 0.807. The van der Waals surface area contributed by atoms with Gasteiger partial charge in [0.1, 0.15) is 17.5 Å². The summed E-state index contributed by atoms with van der Waals surface area (Å²) < 4.78 is 25.0. The van der Waals surface area contributed by atoms with E-state index in [1.807, 2.05) is 0 Å². The molecule has 0 aliphatic rings. The van der Waals surface area contributed by atoms with E-state index in [9.17, 15) is 8.78 Å². The standard InChI is InChI=1S/C7H4F2IN3/c8-7(9)6-5(12)4(10)1-3(2-11)13-6/h1,7H,12H2. The highest BCUT2D eigenvalue weighted by Crippen LogP contribution is 2.27. The molecule has 0 unspecified atom stereocenters. The van der Waals surface area contributed by atoms with Crippen molar-refractivity contribution < 1.29 is 8.78 Å². The Hall–Kier alpha value is -0.970. The van der Waals surface area contributed by atoms with Gasteiger partial charge in [-0.1, -0.05) is 0 Å². The zero-order chi connectivity index (χ0) is 10.0. The summed E-state index contributed by atoms with van der Waals surface area (Å²) in [7, 11) is 0. The molecular weight excluding hydrogens is 291 g/mol. The minimum absolute atomic E-state index is 0.0473. The molecule has 2 N–H and O–H groups in total. The molecule has 0 fully saturated rings. The molecule has 1 aromatic heterocycles. The van der Waals surface area contributed by atoms with Gasteiger partial charge in [0.25, 0.3) is 6.43 Å². The largest absolute Gasteiger partial charge is 0.396 e. The highest BCUT2D eigenvalue weighted by molar-refractivity contribution is 14.1. The minimum atomic E-state index is -2.75. The van der Waals surface area contributed by atoms with Crippen molar-refractivity contribution in [3.05, 3.63) is 21.0 Å². The average Bonchev–Trinajstić information content (AvgIpc) is 2.09. The van der Waals surface area contributed by atoms with Crippen molar-refractivity contribution in [1.29, 1.82) is 5.26 Å². The summed E-state index contributed by atoms with van der Waals surface area (Å²) in [6.07, 6.45) is -2.75. The molecule has 0 aliphatic heterocycles. The molecular formula is C7H4F2IN3. The molecule has 0 saturated heterocycles. The number of hydrogen-bond acceptors (Lipinski definition) is 3. The fourth-order valence-corrected chi connectivity index (χ4v) is 1.34. The summed E-state index contributed by atoms with van der Waals surface area (Å²) in [5.74, 6) is 0. The van der Waals surface area contributed by atoms with E-state index in [0.29, 0.717) is 3.57 Å². The maximum Gasteiger partial charge on any atom is 0.282 e. The molecule has 68 valence electrons. The van der Waals surface area contributed by atoms with Gasteiger partial charge in [0.2, 0.25) is 0 Å². The van der Waals surface area contributed by atoms with Crippen molar-refractivity contribution in [2.45, 2.75) is 6.43 Å². The van der Waals surface area contributed by atoms with Crippen LogP contribution in [0, 0.1) is 14.9 Å². The molecule has 0 spiro atoms. The number of halogens is 3. The molecule has 1 rings (SSSR count). The van der Waals surface area contributed by atoms with Crippen LogP contribution in [-0.2, 0) is 0 Å². The Bertz CT molecular complexity index is 373. The Labute approximate surface area is 86.7 Å². The molecule has 0 aromatic carbocycles. The lowest BCUT2D eigenvalue weighted by Gasteiger charge is -2.05.